The fourth-order valence-corrected chi connectivity index (χ4v) is 3.97. The van der Waals surface area contributed by atoms with Crippen LogP contribution in [0.2, 0.25) is 0 Å². The summed E-state index contributed by atoms with van der Waals surface area (Å²) in [6.07, 6.45) is 8.49. The number of rotatable bonds is 6. The van der Waals surface area contributed by atoms with Crippen LogP contribution in [0.3, 0.4) is 0 Å². The molecule has 3 rings (SSSR count). The second-order valence-corrected chi connectivity index (χ2v) is 7.70. The van der Waals surface area contributed by atoms with Crippen molar-refractivity contribution < 1.29 is 0 Å². The maximum atomic E-state index is 4.56. The monoisotopic (exact) mass is 496 g/mol. The van der Waals surface area contributed by atoms with E-state index in [1.807, 2.05) is 37.8 Å². The minimum absolute atomic E-state index is 0. The lowest BCUT2D eigenvalue weighted by atomic mass is 9.83. The molecule has 2 N–H and O–H groups in total. The Hall–Kier alpha value is -1.64. The van der Waals surface area contributed by atoms with Crippen LogP contribution in [0.25, 0.3) is 5.82 Å². The molecule has 1 fully saturated rings. The third kappa shape index (κ3) is 5.46. The van der Waals surface area contributed by atoms with E-state index in [0.717, 1.165) is 35.3 Å². The molecule has 0 unspecified atom stereocenters. The van der Waals surface area contributed by atoms with Crippen LogP contribution in [0.4, 0.5) is 0 Å². The van der Waals surface area contributed by atoms with Gasteiger partial charge in [-0.15, -0.1) is 24.0 Å². The summed E-state index contributed by atoms with van der Waals surface area (Å²) >= 11 is 0. The first kappa shape index (κ1) is 22.6. The standard InChI is InChI=1S/C21H32N6.HI/c1-5-21(10-6-7-11-21)15-25-20(22-4)24-14-18-8-9-19(23-13-18)27-17(3)12-16(2)26-27;/h8-9,12-13H,5-7,10-11,14-15H2,1-4H3,(H2,22,24,25);1H. The van der Waals surface area contributed by atoms with E-state index in [4.69, 9.17) is 0 Å². The van der Waals surface area contributed by atoms with Crippen LogP contribution in [0, 0.1) is 19.3 Å². The molecule has 0 bridgehead atoms. The van der Waals surface area contributed by atoms with E-state index >= 15 is 0 Å². The molecule has 1 aliphatic rings. The van der Waals surface area contributed by atoms with E-state index in [0.29, 0.717) is 12.0 Å². The quantitative estimate of drug-likeness (QED) is 0.359. The molecule has 0 amide bonds. The number of aromatic nitrogens is 3. The van der Waals surface area contributed by atoms with Crippen molar-refractivity contribution in [2.75, 3.05) is 13.6 Å². The number of nitrogens with one attached hydrogen (secondary N) is 2. The zero-order valence-electron chi connectivity index (χ0n) is 17.5. The minimum Gasteiger partial charge on any atom is -0.356 e. The molecule has 0 spiro atoms. The predicted molar refractivity (Wildman–Crippen MR) is 126 cm³/mol. The van der Waals surface area contributed by atoms with Gasteiger partial charge in [-0.1, -0.05) is 25.8 Å². The van der Waals surface area contributed by atoms with E-state index < -0.39 is 0 Å². The van der Waals surface area contributed by atoms with E-state index in [1.165, 1.54) is 32.1 Å². The molecular formula is C21H33IN6. The Morgan fingerprint density at radius 1 is 1.21 bits per heavy atom. The van der Waals surface area contributed by atoms with Gasteiger partial charge < -0.3 is 10.6 Å². The SMILES string of the molecule is CCC1(CNC(=NC)NCc2ccc(-n3nc(C)cc3C)nc2)CCCC1.I. The fourth-order valence-electron chi connectivity index (χ4n) is 3.97. The molecule has 2 aromatic heterocycles. The normalized spacial score (nSPS) is 15.9. The summed E-state index contributed by atoms with van der Waals surface area (Å²) in [4.78, 5) is 8.93. The molecule has 6 nitrogen and oxygen atoms in total. The first-order valence-corrected chi connectivity index (χ1v) is 9.98. The zero-order chi connectivity index (χ0) is 19.3. The van der Waals surface area contributed by atoms with Gasteiger partial charge in [-0.05, 0) is 56.2 Å². The van der Waals surface area contributed by atoms with Crippen LogP contribution in [-0.4, -0.2) is 34.3 Å². The molecule has 0 atom stereocenters. The van der Waals surface area contributed by atoms with Crippen molar-refractivity contribution in [3.63, 3.8) is 0 Å². The Labute approximate surface area is 185 Å². The van der Waals surface area contributed by atoms with Gasteiger partial charge in [0, 0.05) is 32.0 Å². The zero-order valence-corrected chi connectivity index (χ0v) is 19.8. The van der Waals surface area contributed by atoms with Crippen molar-refractivity contribution in [3.05, 3.63) is 41.3 Å². The first-order valence-electron chi connectivity index (χ1n) is 9.98. The van der Waals surface area contributed by atoms with Gasteiger partial charge in [0.05, 0.1) is 5.69 Å². The first-order chi connectivity index (χ1) is 13.0. The van der Waals surface area contributed by atoms with Gasteiger partial charge >= 0.3 is 0 Å². The van der Waals surface area contributed by atoms with Crippen LogP contribution < -0.4 is 10.6 Å². The number of hydrogen-bond acceptors (Lipinski definition) is 3. The molecule has 1 aliphatic carbocycles. The third-order valence-corrected chi connectivity index (χ3v) is 5.76. The molecule has 0 aromatic carbocycles. The molecule has 28 heavy (non-hydrogen) atoms. The summed E-state index contributed by atoms with van der Waals surface area (Å²) in [5, 5.41) is 11.4. The summed E-state index contributed by atoms with van der Waals surface area (Å²) in [6, 6.07) is 6.15. The molecule has 0 aliphatic heterocycles. The van der Waals surface area contributed by atoms with E-state index in [-0.39, 0.29) is 24.0 Å². The Kier molecular flexibility index (Phi) is 8.27. The number of pyridine rings is 1. The van der Waals surface area contributed by atoms with Gasteiger partial charge in [0.25, 0.3) is 0 Å². The maximum absolute atomic E-state index is 4.56. The smallest absolute Gasteiger partial charge is 0.191 e. The largest absolute Gasteiger partial charge is 0.356 e. The number of aryl methyl sites for hydroxylation is 2. The number of aliphatic imine (C=N–C) groups is 1. The van der Waals surface area contributed by atoms with Crippen LogP contribution in [0.15, 0.2) is 29.4 Å². The predicted octanol–water partition coefficient (Wildman–Crippen LogP) is 4.14. The highest BCUT2D eigenvalue weighted by molar-refractivity contribution is 14.0. The Morgan fingerprint density at radius 2 is 1.96 bits per heavy atom. The number of hydrogen-bond donors (Lipinski definition) is 2. The van der Waals surface area contributed by atoms with E-state index in [9.17, 15) is 0 Å². The highest BCUT2D eigenvalue weighted by Crippen LogP contribution is 2.40. The van der Waals surface area contributed by atoms with Gasteiger partial charge in [0.15, 0.2) is 11.8 Å². The van der Waals surface area contributed by atoms with Crippen LogP contribution in [0.5, 0.6) is 0 Å². The van der Waals surface area contributed by atoms with Crippen molar-refractivity contribution >= 4 is 29.9 Å². The molecule has 0 radical (unpaired) electrons. The summed E-state index contributed by atoms with van der Waals surface area (Å²) < 4.78 is 1.87. The maximum Gasteiger partial charge on any atom is 0.191 e. The molecule has 2 aromatic rings. The van der Waals surface area contributed by atoms with Crippen LogP contribution >= 0.6 is 24.0 Å². The summed E-state index contributed by atoms with van der Waals surface area (Å²) in [5.41, 5.74) is 3.66. The molecule has 0 saturated heterocycles. The fraction of sp³-hybridized carbons (Fsp3) is 0.571. The number of halogens is 1. The summed E-state index contributed by atoms with van der Waals surface area (Å²) in [5.74, 6) is 1.70. The second kappa shape index (κ2) is 10.2. The average Bonchev–Trinajstić information content (AvgIpc) is 3.29. The number of nitrogens with zero attached hydrogens (tertiary/aromatic N) is 4. The van der Waals surface area contributed by atoms with Crippen LogP contribution in [0.1, 0.15) is 56.0 Å². The molecule has 2 heterocycles. The minimum atomic E-state index is 0. The van der Waals surface area contributed by atoms with Gasteiger partial charge in [-0.25, -0.2) is 9.67 Å². The molecular weight excluding hydrogens is 463 g/mol. The molecule has 7 heteroatoms. The van der Waals surface area contributed by atoms with Crippen molar-refractivity contribution in [1.82, 2.24) is 25.4 Å². The van der Waals surface area contributed by atoms with Crippen LogP contribution in [-0.2, 0) is 6.54 Å². The van der Waals surface area contributed by atoms with Gasteiger partial charge in [-0.3, -0.25) is 4.99 Å². The average molecular weight is 496 g/mol. The van der Waals surface area contributed by atoms with Crippen molar-refractivity contribution in [1.29, 1.82) is 0 Å². The summed E-state index contributed by atoms with van der Waals surface area (Å²) in [6.45, 7) is 8.04. The van der Waals surface area contributed by atoms with Gasteiger partial charge in [-0.2, -0.15) is 5.10 Å². The van der Waals surface area contributed by atoms with Crippen molar-refractivity contribution in [2.45, 2.75) is 59.4 Å². The lowest BCUT2D eigenvalue weighted by Crippen LogP contribution is -2.42. The second-order valence-electron chi connectivity index (χ2n) is 7.70. The van der Waals surface area contributed by atoms with E-state index in [2.05, 4.69) is 44.8 Å². The lowest BCUT2D eigenvalue weighted by molar-refractivity contribution is 0.283. The Bertz CT molecular complexity index is 775. The van der Waals surface area contributed by atoms with Gasteiger partial charge in [0.2, 0.25) is 0 Å². The molecule has 1 saturated carbocycles. The Morgan fingerprint density at radius 3 is 2.50 bits per heavy atom. The van der Waals surface area contributed by atoms with Crippen molar-refractivity contribution in [3.8, 4) is 5.82 Å². The van der Waals surface area contributed by atoms with Gasteiger partial charge in [0.1, 0.15) is 0 Å². The highest BCUT2D eigenvalue weighted by Gasteiger charge is 2.31. The lowest BCUT2D eigenvalue weighted by Gasteiger charge is -2.28. The molecule has 154 valence electrons. The Balaban J connectivity index is 0.00000280. The third-order valence-electron chi connectivity index (χ3n) is 5.76. The topological polar surface area (TPSA) is 67.1 Å². The number of guanidine groups is 1. The van der Waals surface area contributed by atoms with E-state index in [1.54, 1.807) is 0 Å². The highest BCUT2D eigenvalue weighted by atomic mass is 127. The summed E-state index contributed by atoms with van der Waals surface area (Å²) in [7, 11) is 1.83. The van der Waals surface area contributed by atoms with Crippen molar-refractivity contribution in [2.24, 2.45) is 10.4 Å².